The van der Waals surface area contributed by atoms with Gasteiger partial charge in [-0.05, 0) is 127 Å². The van der Waals surface area contributed by atoms with Gasteiger partial charge in [0.1, 0.15) is 0 Å². The molecule has 1 spiro atoms. The van der Waals surface area contributed by atoms with Crippen LogP contribution < -0.4 is 9.80 Å². The monoisotopic (exact) mass is 876 g/mol. The first kappa shape index (κ1) is 39.2. The summed E-state index contributed by atoms with van der Waals surface area (Å²) in [7, 11) is 0. The molecule has 0 bridgehead atoms. The van der Waals surface area contributed by atoms with Gasteiger partial charge in [-0.3, -0.25) is 0 Å². The van der Waals surface area contributed by atoms with Crippen molar-refractivity contribution in [2.24, 2.45) is 0 Å². The quantitative estimate of drug-likeness (QED) is 0.170. The molecule has 0 unspecified atom stereocenters. The summed E-state index contributed by atoms with van der Waals surface area (Å²) in [5.41, 5.74) is 26.0. The lowest BCUT2D eigenvalue weighted by Gasteiger charge is -2.36. The topological polar surface area (TPSA) is 6.48 Å². The van der Waals surface area contributed by atoms with Gasteiger partial charge in [0.15, 0.2) is 0 Å². The summed E-state index contributed by atoms with van der Waals surface area (Å²) in [6.07, 6.45) is 0. The van der Waals surface area contributed by atoms with Crippen LogP contribution in [0.2, 0.25) is 0 Å². The second-order valence-corrected chi connectivity index (χ2v) is 18.3. The molecule has 1 aliphatic heterocycles. The summed E-state index contributed by atoms with van der Waals surface area (Å²) in [6, 6.07) is 99.0. The van der Waals surface area contributed by atoms with Crippen LogP contribution in [-0.4, -0.2) is 0 Å². The molecule has 2 aliphatic carbocycles. The maximum absolute atomic E-state index is 2.50. The maximum atomic E-state index is 2.50. The fourth-order valence-electron chi connectivity index (χ4n) is 12.0. The Hall–Kier alpha value is -8.98. The van der Waals surface area contributed by atoms with Gasteiger partial charge in [-0.15, -0.1) is 0 Å². The van der Waals surface area contributed by atoms with Crippen LogP contribution in [0, 0.1) is 0 Å². The van der Waals surface area contributed by atoms with Crippen LogP contribution in [0.25, 0.3) is 66.8 Å². The number of nitrogens with zero attached hydrogens (tertiary/aromatic N) is 2. The van der Waals surface area contributed by atoms with E-state index in [0.717, 1.165) is 45.3 Å². The zero-order valence-electron chi connectivity index (χ0n) is 37.8. The molecule has 3 aliphatic rings. The van der Waals surface area contributed by atoms with Crippen molar-refractivity contribution in [2.45, 2.75) is 5.41 Å². The molecule has 0 aromatic heterocycles. The second-order valence-electron chi connectivity index (χ2n) is 18.3. The first-order chi connectivity index (χ1) is 34.3. The third-order valence-corrected chi connectivity index (χ3v) is 14.8. The van der Waals surface area contributed by atoms with Crippen molar-refractivity contribution in [3.05, 3.63) is 289 Å². The SMILES string of the molecule is c1ccc(-c2ccccc2N(c2ccc3c(c2)-c2ccccc2-c2ccccc2N3c2ccccc2)c2ccc3c(c2)-c2ccccc2-c2ccccc2C32c3ccccc3-c3ccccc32)cc1. The van der Waals surface area contributed by atoms with Crippen molar-refractivity contribution in [1.82, 2.24) is 0 Å². The highest BCUT2D eigenvalue weighted by Crippen LogP contribution is 2.62. The van der Waals surface area contributed by atoms with Gasteiger partial charge in [0.2, 0.25) is 0 Å². The molecule has 11 aromatic carbocycles. The van der Waals surface area contributed by atoms with E-state index in [-0.39, 0.29) is 0 Å². The summed E-state index contributed by atoms with van der Waals surface area (Å²) in [5.74, 6) is 0. The molecule has 1 heterocycles. The van der Waals surface area contributed by atoms with Gasteiger partial charge < -0.3 is 9.80 Å². The second kappa shape index (κ2) is 15.6. The first-order valence-corrected chi connectivity index (χ1v) is 23.9. The van der Waals surface area contributed by atoms with Crippen LogP contribution >= 0.6 is 0 Å². The normalized spacial score (nSPS) is 13.0. The molecule has 14 rings (SSSR count). The van der Waals surface area contributed by atoms with Crippen LogP contribution in [0.1, 0.15) is 22.3 Å². The number of para-hydroxylation sites is 3. The summed E-state index contributed by atoms with van der Waals surface area (Å²) >= 11 is 0. The van der Waals surface area contributed by atoms with Crippen LogP contribution in [0.3, 0.4) is 0 Å². The standard InChI is InChI=1S/C67H44N2/c1-3-21-45(22-4-1)49-25-14-19-37-64(49)68(48-40-42-66-59(44-48)53-29-10-8-27-51(53)57-33-15-20-38-65(57)69(66)46-23-5-2-6-24-46)47-39-41-63-58(43-47)52-28-9-7-26-50(52)54-30-11-16-34-60(54)67(63)61-35-17-12-31-55(61)56-32-13-18-36-62(56)67/h1-44H. The Labute approximate surface area is 403 Å². The van der Waals surface area contributed by atoms with Gasteiger partial charge in [-0.2, -0.15) is 0 Å². The molecule has 0 saturated heterocycles. The lowest BCUT2D eigenvalue weighted by Crippen LogP contribution is -2.29. The molecular formula is C67H44N2. The Bertz CT molecular complexity index is 3770. The number of hydrogen-bond donors (Lipinski definition) is 0. The number of benzene rings is 11. The number of fused-ring (bicyclic) bond motifs is 17. The third-order valence-electron chi connectivity index (χ3n) is 14.8. The molecule has 0 N–H and O–H groups in total. The predicted molar refractivity (Wildman–Crippen MR) is 287 cm³/mol. The van der Waals surface area contributed by atoms with E-state index in [0.29, 0.717) is 0 Å². The van der Waals surface area contributed by atoms with Gasteiger partial charge >= 0.3 is 0 Å². The fraction of sp³-hybridized carbons (Fsp3) is 0.0149. The largest absolute Gasteiger partial charge is 0.310 e. The van der Waals surface area contributed by atoms with Crippen molar-refractivity contribution in [1.29, 1.82) is 0 Å². The predicted octanol–water partition coefficient (Wildman–Crippen LogP) is 18.0. The maximum Gasteiger partial charge on any atom is 0.0725 e. The molecule has 2 nitrogen and oxygen atoms in total. The molecule has 322 valence electrons. The summed E-state index contributed by atoms with van der Waals surface area (Å²) in [5, 5.41) is 0. The van der Waals surface area contributed by atoms with E-state index >= 15 is 0 Å². The van der Waals surface area contributed by atoms with E-state index in [9.17, 15) is 0 Å². The molecule has 2 heteroatoms. The van der Waals surface area contributed by atoms with Crippen molar-refractivity contribution >= 4 is 34.1 Å². The van der Waals surface area contributed by atoms with Gasteiger partial charge in [0, 0.05) is 33.8 Å². The summed E-state index contributed by atoms with van der Waals surface area (Å²) < 4.78 is 0. The Morgan fingerprint density at radius 2 is 0.652 bits per heavy atom. The van der Waals surface area contributed by atoms with Crippen LogP contribution in [0.5, 0.6) is 0 Å². The van der Waals surface area contributed by atoms with E-state index in [1.54, 1.807) is 0 Å². The third kappa shape index (κ3) is 5.79. The average molecular weight is 877 g/mol. The Morgan fingerprint density at radius 1 is 0.261 bits per heavy atom. The van der Waals surface area contributed by atoms with Crippen LogP contribution in [-0.2, 0) is 5.41 Å². The smallest absolute Gasteiger partial charge is 0.0725 e. The lowest BCUT2D eigenvalue weighted by molar-refractivity contribution is 0.775. The molecule has 0 atom stereocenters. The number of anilines is 6. The number of hydrogen-bond acceptors (Lipinski definition) is 2. The molecule has 69 heavy (non-hydrogen) atoms. The summed E-state index contributed by atoms with van der Waals surface area (Å²) in [4.78, 5) is 4.94. The lowest BCUT2D eigenvalue weighted by atomic mass is 9.66. The molecular weight excluding hydrogens is 833 g/mol. The van der Waals surface area contributed by atoms with E-state index in [2.05, 4.69) is 277 Å². The zero-order valence-corrected chi connectivity index (χ0v) is 37.8. The van der Waals surface area contributed by atoms with Crippen molar-refractivity contribution in [2.75, 3.05) is 9.80 Å². The van der Waals surface area contributed by atoms with Gasteiger partial charge in [0.25, 0.3) is 0 Å². The van der Waals surface area contributed by atoms with Crippen LogP contribution in [0.4, 0.5) is 34.1 Å². The van der Waals surface area contributed by atoms with Gasteiger partial charge in [0.05, 0.1) is 22.5 Å². The molecule has 0 saturated carbocycles. The average Bonchev–Trinajstić information content (AvgIpc) is 3.59. The molecule has 0 radical (unpaired) electrons. The van der Waals surface area contributed by atoms with Crippen molar-refractivity contribution in [3.8, 4) is 66.8 Å². The molecule has 11 aromatic rings. The minimum atomic E-state index is -0.562. The Kier molecular flexibility index (Phi) is 8.84. The summed E-state index contributed by atoms with van der Waals surface area (Å²) in [6.45, 7) is 0. The fourth-order valence-corrected chi connectivity index (χ4v) is 12.0. The van der Waals surface area contributed by atoms with Crippen molar-refractivity contribution < 1.29 is 0 Å². The number of rotatable bonds is 5. The van der Waals surface area contributed by atoms with E-state index < -0.39 is 5.41 Å². The Morgan fingerprint density at radius 3 is 1.28 bits per heavy atom. The minimum Gasteiger partial charge on any atom is -0.310 e. The minimum absolute atomic E-state index is 0.562. The zero-order chi connectivity index (χ0) is 45.5. The highest BCUT2D eigenvalue weighted by Gasteiger charge is 2.49. The molecule has 0 amide bonds. The van der Waals surface area contributed by atoms with E-state index in [1.807, 2.05) is 0 Å². The van der Waals surface area contributed by atoms with Gasteiger partial charge in [-0.25, -0.2) is 0 Å². The first-order valence-electron chi connectivity index (χ1n) is 23.9. The van der Waals surface area contributed by atoms with Crippen molar-refractivity contribution in [3.63, 3.8) is 0 Å². The highest BCUT2D eigenvalue weighted by molar-refractivity contribution is 6.05. The van der Waals surface area contributed by atoms with Gasteiger partial charge in [-0.1, -0.05) is 212 Å². The molecule has 0 fully saturated rings. The van der Waals surface area contributed by atoms with E-state index in [4.69, 9.17) is 0 Å². The van der Waals surface area contributed by atoms with Crippen LogP contribution in [0.15, 0.2) is 267 Å². The highest BCUT2D eigenvalue weighted by atomic mass is 15.2. The Balaban J connectivity index is 1.07. The van der Waals surface area contributed by atoms with E-state index in [1.165, 1.54) is 77.9 Å².